The van der Waals surface area contributed by atoms with E-state index < -0.39 is 5.97 Å². The van der Waals surface area contributed by atoms with Crippen LogP contribution < -0.4 is 11.1 Å². The van der Waals surface area contributed by atoms with Crippen LogP contribution in [0.15, 0.2) is 5.38 Å². The van der Waals surface area contributed by atoms with E-state index in [1.54, 1.807) is 5.38 Å². The number of carbonyl (C=O) groups excluding carboxylic acids is 1. The molecule has 0 bridgehead atoms. The molecule has 4 N–H and O–H groups in total. The van der Waals surface area contributed by atoms with Crippen molar-refractivity contribution in [1.29, 1.82) is 0 Å². The molecule has 0 aliphatic rings. The molecular weight excluding hydrogens is 258 g/mol. The summed E-state index contributed by atoms with van der Waals surface area (Å²) < 4.78 is 4.78. The van der Waals surface area contributed by atoms with Gasteiger partial charge in [0.15, 0.2) is 0 Å². The van der Waals surface area contributed by atoms with E-state index in [0.717, 1.165) is 5.01 Å². The molecule has 8 heteroatoms. The quantitative estimate of drug-likeness (QED) is 0.549. The van der Waals surface area contributed by atoms with E-state index in [0.29, 0.717) is 18.7 Å². The van der Waals surface area contributed by atoms with Crippen molar-refractivity contribution >= 4 is 23.2 Å². The molecule has 1 amide bonds. The predicted molar refractivity (Wildman–Crippen MR) is 65.7 cm³/mol. The number of nitrogens with one attached hydrogen (secondary N) is 1. The van der Waals surface area contributed by atoms with Crippen LogP contribution in [0.25, 0.3) is 0 Å². The highest BCUT2D eigenvalue weighted by atomic mass is 32.1. The SMILES string of the molecule is NCCc1nc(C(=O)NCCOCC(=O)O)cs1. The summed E-state index contributed by atoms with van der Waals surface area (Å²) in [5, 5.41) is 13.4. The number of nitrogens with two attached hydrogens (primary N) is 1. The molecule has 100 valence electrons. The molecule has 0 saturated carbocycles. The van der Waals surface area contributed by atoms with Gasteiger partial charge in [-0.2, -0.15) is 0 Å². The molecule has 1 aromatic heterocycles. The fourth-order valence-corrected chi connectivity index (χ4v) is 1.93. The lowest BCUT2D eigenvalue weighted by molar-refractivity contribution is -0.142. The van der Waals surface area contributed by atoms with Crippen molar-refractivity contribution in [1.82, 2.24) is 10.3 Å². The predicted octanol–water partition coefficient (Wildman–Crippen LogP) is -0.525. The number of aromatic nitrogens is 1. The molecule has 0 aromatic carbocycles. The molecule has 1 rings (SSSR count). The van der Waals surface area contributed by atoms with Crippen LogP contribution in [-0.2, 0) is 16.0 Å². The Morgan fingerprint density at radius 1 is 1.56 bits per heavy atom. The van der Waals surface area contributed by atoms with Crippen molar-refractivity contribution in [2.45, 2.75) is 6.42 Å². The Bertz CT molecular complexity index is 408. The third kappa shape index (κ3) is 5.21. The zero-order chi connectivity index (χ0) is 13.4. The molecule has 0 aliphatic carbocycles. The maximum Gasteiger partial charge on any atom is 0.329 e. The molecule has 1 aromatic rings. The maximum absolute atomic E-state index is 11.6. The first-order chi connectivity index (χ1) is 8.63. The van der Waals surface area contributed by atoms with Crippen LogP contribution in [0.2, 0.25) is 0 Å². The number of carboxylic acid groups (broad SMARTS) is 1. The Balaban J connectivity index is 2.25. The van der Waals surface area contributed by atoms with Gasteiger partial charge in [-0.15, -0.1) is 11.3 Å². The van der Waals surface area contributed by atoms with Gasteiger partial charge in [0, 0.05) is 18.3 Å². The number of carbonyl (C=O) groups is 2. The van der Waals surface area contributed by atoms with E-state index in [1.165, 1.54) is 11.3 Å². The van der Waals surface area contributed by atoms with Crippen molar-refractivity contribution in [3.63, 3.8) is 0 Å². The second-order valence-electron chi connectivity index (χ2n) is 3.37. The molecule has 0 saturated heterocycles. The van der Waals surface area contributed by atoms with Gasteiger partial charge < -0.3 is 20.9 Å². The summed E-state index contributed by atoms with van der Waals surface area (Å²) >= 11 is 1.39. The summed E-state index contributed by atoms with van der Waals surface area (Å²) in [5.41, 5.74) is 5.73. The minimum Gasteiger partial charge on any atom is -0.480 e. The van der Waals surface area contributed by atoms with Gasteiger partial charge in [0.05, 0.1) is 11.6 Å². The van der Waals surface area contributed by atoms with Crippen LogP contribution in [0.3, 0.4) is 0 Å². The Labute approximate surface area is 108 Å². The Morgan fingerprint density at radius 2 is 2.33 bits per heavy atom. The van der Waals surface area contributed by atoms with Crippen LogP contribution in [0.5, 0.6) is 0 Å². The first-order valence-electron chi connectivity index (χ1n) is 5.35. The lowest BCUT2D eigenvalue weighted by Gasteiger charge is -2.03. The molecule has 0 spiro atoms. The van der Waals surface area contributed by atoms with E-state index in [4.69, 9.17) is 15.6 Å². The van der Waals surface area contributed by atoms with E-state index in [9.17, 15) is 9.59 Å². The summed E-state index contributed by atoms with van der Waals surface area (Å²) in [6.45, 7) is 0.526. The molecular formula is C10H15N3O4S. The first kappa shape index (κ1) is 14.6. The van der Waals surface area contributed by atoms with Gasteiger partial charge in [0.2, 0.25) is 0 Å². The molecule has 18 heavy (non-hydrogen) atoms. The number of thiazole rings is 1. The number of hydrogen-bond acceptors (Lipinski definition) is 6. The molecule has 0 atom stereocenters. The maximum atomic E-state index is 11.6. The highest BCUT2D eigenvalue weighted by Gasteiger charge is 2.09. The standard InChI is InChI=1S/C10H15N3O4S/c11-2-1-8-13-7(6-18-8)10(16)12-3-4-17-5-9(14)15/h6H,1-5,11H2,(H,12,16)(H,14,15). The van der Waals surface area contributed by atoms with Crippen molar-refractivity contribution in [2.24, 2.45) is 5.73 Å². The van der Waals surface area contributed by atoms with Gasteiger partial charge in [-0.1, -0.05) is 0 Å². The number of hydrogen-bond donors (Lipinski definition) is 3. The first-order valence-corrected chi connectivity index (χ1v) is 6.23. The van der Waals surface area contributed by atoms with E-state index in [1.807, 2.05) is 0 Å². The summed E-state index contributed by atoms with van der Waals surface area (Å²) in [6, 6.07) is 0. The van der Waals surface area contributed by atoms with Crippen LogP contribution in [-0.4, -0.2) is 48.3 Å². The van der Waals surface area contributed by atoms with Crippen LogP contribution >= 0.6 is 11.3 Å². The third-order valence-corrected chi connectivity index (χ3v) is 2.81. The van der Waals surface area contributed by atoms with E-state index in [-0.39, 0.29) is 25.7 Å². The molecule has 7 nitrogen and oxygen atoms in total. The fraction of sp³-hybridized carbons (Fsp3) is 0.500. The van der Waals surface area contributed by atoms with Gasteiger partial charge in [0.25, 0.3) is 5.91 Å². The smallest absolute Gasteiger partial charge is 0.329 e. The van der Waals surface area contributed by atoms with Crippen LogP contribution in [0.1, 0.15) is 15.5 Å². The summed E-state index contributed by atoms with van der Waals surface area (Å²) in [4.78, 5) is 25.9. The highest BCUT2D eigenvalue weighted by Crippen LogP contribution is 2.09. The van der Waals surface area contributed by atoms with Crippen LogP contribution in [0.4, 0.5) is 0 Å². The van der Waals surface area contributed by atoms with Gasteiger partial charge >= 0.3 is 5.97 Å². The molecule has 0 fully saturated rings. The topological polar surface area (TPSA) is 115 Å². The summed E-state index contributed by atoms with van der Waals surface area (Å²) in [5.74, 6) is -1.33. The number of carboxylic acids is 1. The number of rotatable bonds is 8. The number of amides is 1. The van der Waals surface area contributed by atoms with Crippen LogP contribution in [0, 0.1) is 0 Å². The van der Waals surface area contributed by atoms with Crippen molar-refractivity contribution < 1.29 is 19.4 Å². The monoisotopic (exact) mass is 273 g/mol. The minimum absolute atomic E-state index is 0.151. The third-order valence-electron chi connectivity index (χ3n) is 1.90. The fourth-order valence-electron chi connectivity index (χ4n) is 1.14. The zero-order valence-electron chi connectivity index (χ0n) is 9.72. The van der Waals surface area contributed by atoms with Crippen molar-refractivity contribution in [2.75, 3.05) is 26.3 Å². The van der Waals surface area contributed by atoms with Crippen molar-refractivity contribution in [3.05, 3.63) is 16.1 Å². The molecule has 0 unspecified atom stereocenters. The summed E-state index contributed by atoms with van der Waals surface area (Å²) in [6.07, 6.45) is 0.652. The second kappa shape index (κ2) is 7.75. The lowest BCUT2D eigenvalue weighted by Crippen LogP contribution is -2.28. The van der Waals surface area contributed by atoms with Gasteiger partial charge in [-0.3, -0.25) is 4.79 Å². The zero-order valence-corrected chi connectivity index (χ0v) is 10.5. The molecule has 0 aliphatic heterocycles. The summed E-state index contributed by atoms with van der Waals surface area (Å²) in [7, 11) is 0. The Kier molecular flexibility index (Phi) is 6.26. The highest BCUT2D eigenvalue weighted by molar-refractivity contribution is 7.09. The number of nitrogens with zero attached hydrogens (tertiary/aromatic N) is 1. The number of aliphatic carboxylic acids is 1. The molecule has 0 radical (unpaired) electrons. The lowest BCUT2D eigenvalue weighted by atomic mass is 10.4. The number of ether oxygens (including phenoxy) is 1. The average Bonchev–Trinajstić information content (AvgIpc) is 2.77. The largest absolute Gasteiger partial charge is 0.480 e. The van der Waals surface area contributed by atoms with Gasteiger partial charge in [0.1, 0.15) is 12.3 Å². The molecule has 1 heterocycles. The second-order valence-corrected chi connectivity index (χ2v) is 4.31. The van der Waals surface area contributed by atoms with Gasteiger partial charge in [-0.25, -0.2) is 9.78 Å². The van der Waals surface area contributed by atoms with Crippen molar-refractivity contribution in [3.8, 4) is 0 Å². The minimum atomic E-state index is -1.03. The Morgan fingerprint density at radius 3 is 3.00 bits per heavy atom. The van der Waals surface area contributed by atoms with Gasteiger partial charge in [-0.05, 0) is 6.54 Å². The normalized spacial score (nSPS) is 10.3. The van der Waals surface area contributed by atoms with E-state index in [2.05, 4.69) is 10.3 Å². The Hall–Kier alpha value is -1.51. The average molecular weight is 273 g/mol. The van der Waals surface area contributed by atoms with E-state index >= 15 is 0 Å².